The van der Waals surface area contributed by atoms with E-state index < -0.39 is 22.4 Å². The van der Waals surface area contributed by atoms with Gasteiger partial charge in [-0.15, -0.1) is 0 Å². The topological polar surface area (TPSA) is 95.1 Å². The van der Waals surface area contributed by atoms with Crippen molar-refractivity contribution in [2.75, 3.05) is 0 Å². The van der Waals surface area contributed by atoms with Crippen LogP contribution in [0.4, 0.5) is 5.69 Å². The minimum absolute atomic E-state index is 0.140. The quantitative estimate of drug-likeness (QED) is 0.363. The summed E-state index contributed by atoms with van der Waals surface area (Å²) in [6, 6.07) is 5.34. The minimum Gasteiger partial charge on any atom is -0.340 e. The van der Waals surface area contributed by atoms with Crippen molar-refractivity contribution >= 4 is 17.3 Å². The fraction of sp³-hybridized carbons (Fsp3) is 0.214. The van der Waals surface area contributed by atoms with Gasteiger partial charge in [0.25, 0.3) is 5.69 Å². The number of carbonyl (C=O) groups is 2. The maximum absolute atomic E-state index is 12.3. The standard InChI is InChI=1S/C14H13N3O4/c1-9(14(19)12-7-16(2)8-15-12)13(18)10-4-3-5-11(6-10)17(20)21/h3-9H,1-2H3. The molecule has 0 N–H and O–H groups in total. The van der Waals surface area contributed by atoms with Gasteiger partial charge in [-0.2, -0.15) is 0 Å². The summed E-state index contributed by atoms with van der Waals surface area (Å²) in [5.74, 6) is -1.82. The van der Waals surface area contributed by atoms with Crippen molar-refractivity contribution in [2.24, 2.45) is 13.0 Å². The van der Waals surface area contributed by atoms with Crippen LogP contribution in [-0.2, 0) is 7.05 Å². The normalized spacial score (nSPS) is 11.9. The Morgan fingerprint density at radius 1 is 1.33 bits per heavy atom. The van der Waals surface area contributed by atoms with E-state index in [0.717, 1.165) is 0 Å². The summed E-state index contributed by atoms with van der Waals surface area (Å²) in [7, 11) is 1.72. The van der Waals surface area contributed by atoms with E-state index in [1.807, 2.05) is 0 Å². The number of Topliss-reactive ketones (excluding diaryl/α,β-unsaturated/α-hetero) is 2. The second-order valence-corrected chi connectivity index (χ2v) is 4.68. The van der Waals surface area contributed by atoms with Crippen molar-refractivity contribution in [3.8, 4) is 0 Å². The second-order valence-electron chi connectivity index (χ2n) is 4.68. The molecule has 108 valence electrons. The van der Waals surface area contributed by atoms with E-state index in [-0.39, 0.29) is 16.9 Å². The molecule has 0 saturated carbocycles. The molecule has 0 amide bonds. The van der Waals surface area contributed by atoms with E-state index in [0.29, 0.717) is 0 Å². The Bertz CT molecular complexity index is 721. The van der Waals surface area contributed by atoms with Crippen LogP contribution in [0.5, 0.6) is 0 Å². The van der Waals surface area contributed by atoms with Crippen LogP contribution in [0.3, 0.4) is 0 Å². The number of carbonyl (C=O) groups excluding carboxylic acids is 2. The lowest BCUT2D eigenvalue weighted by Gasteiger charge is -2.07. The van der Waals surface area contributed by atoms with Crippen LogP contribution in [-0.4, -0.2) is 26.0 Å². The van der Waals surface area contributed by atoms with Crippen molar-refractivity contribution in [3.63, 3.8) is 0 Å². The van der Waals surface area contributed by atoms with Crippen LogP contribution >= 0.6 is 0 Å². The number of benzene rings is 1. The highest BCUT2D eigenvalue weighted by Gasteiger charge is 2.26. The molecular weight excluding hydrogens is 274 g/mol. The zero-order valence-electron chi connectivity index (χ0n) is 11.5. The fourth-order valence-electron chi connectivity index (χ4n) is 1.90. The van der Waals surface area contributed by atoms with Gasteiger partial charge in [0.05, 0.1) is 17.2 Å². The first-order chi connectivity index (χ1) is 9.90. The molecule has 1 aromatic carbocycles. The number of nitrogens with zero attached hydrogens (tertiary/aromatic N) is 3. The van der Waals surface area contributed by atoms with Gasteiger partial charge in [0.15, 0.2) is 11.6 Å². The molecule has 0 bridgehead atoms. The SMILES string of the molecule is CC(C(=O)c1cccc([N+](=O)[O-])c1)C(=O)c1cn(C)cn1. The van der Waals surface area contributed by atoms with Gasteiger partial charge in [0.2, 0.25) is 0 Å². The zero-order chi connectivity index (χ0) is 15.6. The van der Waals surface area contributed by atoms with Crippen LogP contribution in [0, 0.1) is 16.0 Å². The van der Waals surface area contributed by atoms with Crippen molar-refractivity contribution in [2.45, 2.75) is 6.92 Å². The molecule has 0 fully saturated rings. The Labute approximate surface area is 120 Å². The second kappa shape index (κ2) is 5.66. The molecule has 7 nitrogen and oxygen atoms in total. The van der Waals surface area contributed by atoms with E-state index in [2.05, 4.69) is 4.98 Å². The van der Waals surface area contributed by atoms with Gasteiger partial charge in [-0.25, -0.2) is 4.98 Å². The molecule has 0 radical (unpaired) electrons. The number of aromatic nitrogens is 2. The maximum atomic E-state index is 12.3. The number of nitro benzene ring substituents is 1. The molecule has 0 aliphatic carbocycles. The van der Waals surface area contributed by atoms with E-state index in [4.69, 9.17) is 0 Å². The van der Waals surface area contributed by atoms with Crippen LogP contribution in [0.2, 0.25) is 0 Å². The summed E-state index contributed by atoms with van der Waals surface area (Å²) < 4.78 is 1.61. The van der Waals surface area contributed by atoms with Gasteiger partial charge in [-0.1, -0.05) is 12.1 Å². The molecule has 0 saturated heterocycles. The van der Waals surface area contributed by atoms with Crippen LogP contribution in [0.1, 0.15) is 27.8 Å². The molecule has 1 heterocycles. The monoisotopic (exact) mass is 287 g/mol. The Kier molecular flexibility index (Phi) is 3.93. The smallest absolute Gasteiger partial charge is 0.270 e. The van der Waals surface area contributed by atoms with Crippen LogP contribution < -0.4 is 0 Å². The maximum Gasteiger partial charge on any atom is 0.270 e. The van der Waals surface area contributed by atoms with E-state index in [9.17, 15) is 19.7 Å². The number of aryl methyl sites for hydroxylation is 1. The summed E-state index contributed by atoms with van der Waals surface area (Å²) in [6.45, 7) is 1.47. The Morgan fingerprint density at radius 3 is 2.62 bits per heavy atom. The molecule has 1 aromatic heterocycles. The highest BCUT2D eigenvalue weighted by Crippen LogP contribution is 2.18. The highest BCUT2D eigenvalue weighted by atomic mass is 16.6. The van der Waals surface area contributed by atoms with Gasteiger partial charge in [0.1, 0.15) is 5.69 Å². The van der Waals surface area contributed by atoms with E-state index >= 15 is 0 Å². The summed E-state index contributed by atoms with van der Waals surface area (Å²) in [5, 5.41) is 10.7. The molecular formula is C14H13N3O4. The molecule has 2 aromatic rings. The number of non-ortho nitro benzene ring substituents is 1. The van der Waals surface area contributed by atoms with Crippen LogP contribution in [0.25, 0.3) is 0 Å². The van der Waals surface area contributed by atoms with Crippen molar-refractivity contribution in [1.82, 2.24) is 9.55 Å². The average Bonchev–Trinajstić information content (AvgIpc) is 2.91. The van der Waals surface area contributed by atoms with Gasteiger partial charge >= 0.3 is 0 Å². The number of ketones is 2. The molecule has 21 heavy (non-hydrogen) atoms. The fourth-order valence-corrected chi connectivity index (χ4v) is 1.90. The minimum atomic E-state index is -0.943. The molecule has 2 rings (SSSR count). The highest BCUT2D eigenvalue weighted by molar-refractivity contribution is 6.15. The molecule has 1 unspecified atom stereocenters. The molecule has 0 aliphatic heterocycles. The lowest BCUT2D eigenvalue weighted by Crippen LogP contribution is -2.21. The number of hydrogen-bond donors (Lipinski definition) is 0. The first-order valence-corrected chi connectivity index (χ1v) is 6.21. The molecule has 0 spiro atoms. The van der Waals surface area contributed by atoms with E-state index in [1.54, 1.807) is 11.6 Å². The molecule has 0 aliphatic rings. The lowest BCUT2D eigenvalue weighted by molar-refractivity contribution is -0.384. The number of nitro groups is 1. The number of rotatable bonds is 5. The predicted octanol–water partition coefficient (Wildman–Crippen LogP) is 2.03. The third-order valence-electron chi connectivity index (χ3n) is 3.09. The van der Waals surface area contributed by atoms with Crippen molar-refractivity contribution in [1.29, 1.82) is 0 Å². The third-order valence-corrected chi connectivity index (χ3v) is 3.09. The van der Waals surface area contributed by atoms with Gasteiger partial charge in [-0.05, 0) is 6.92 Å². The van der Waals surface area contributed by atoms with Gasteiger partial charge in [-0.3, -0.25) is 19.7 Å². The van der Waals surface area contributed by atoms with Crippen LogP contribution in [0.15, 0.2) is 36.8 Å². The third kappa shape index (κ3) is 3.02. The number of imidazole rings is 1. The molecule has 1 atom stereocenters. The Hall–Kier alpha value is -2.83. The summed E-state index contributed by atoms with van der Waals surface area (Å²) in [4.78, 5) is 38.5. The van der Waals surface area contributed by atoms with Crippen molar-refractivity contribution < 1.29 is 14.5 Å². The van der Waals surface area contributed by atoms with Gasteiger partial charge < -0.3 is 4.57 Å². The first-order valence-electron chi connectivity index (χ1n) is 6.21. The summed E-state index contributed by atoms with van der Waals surface area (Å²) in [5.41, 5.74) is 0.156. The van der Waals surface area contributed by atoms with E-state index in [1.165, 1.54) is 43.7 Å². The zero-order valence-corrected chi connectivity index (χ0v) is 11.5. The average molecular weight is 287 g/mol. The lowest BCUT2D eigenvalue weighted by atomic mass is 9.94. The largest absolute Gasteiger partial charge is 0.340 e. The number of hydrogen-bond acceptors (Lipinski definition) is 5. The van der Waals surface area contributed by atoms with Gasteiger partial charge in [0, 0.05) is 30.9 Å². The predicted molar refractivity (Wildman–Crippen MR) is 74.1 cm³/mol. The summed E-state index contributed by atoms with van der Waals surface area (Å²) in [6.07, 6.45) is 3.00. The Morgan fingerprint density at radius 2 is 2.05 bits per heavy atom. The summed E-state index contributed by atoms with van der Waals surface area (Å²) >= 11 is 0. The Balaban J connectivity index is 2.25. The molecule has 7 heteroatoms. The first kappa shape index (κ1) is 14.6. The van der Waals surface area contributed by atoms with Crippen molar-refractivity contribution in [3.05, 3.63) is 58.2 Å².